The van der Waals surface area contributed by atoms with Crippen molar-refractivity contribution in [3.05, 3.63) is 16.1 Å². The number of thiazole rings is 1. The molecule has 1 aliphatic carbocycles. The maximum atomic E-state index is 8.79. The van der Waals surface area contributed by atoms with Gasteiger partial charge >= 0.3 is 0 Å². The van der Waals surface area contributed by atoms with Gasteiger partial charge in [0.2, 0.25) is 0 Å². The molecule has 0 aromatic carbocycles. The summed E-state index contributed by atoms with van der Waals surface area (Å²) in [6, 6.07) is -0.297. The van der Waals surface area contributed by atoms with Crippen LogP contribution in [-0.2, 0) is 0 Å². The number of hydrogen-bond donors (Lipinski definition) is 2. The van der Waals surface area contributed by atoms with E-state index in [2.05, 4.69) is 4.98 Å². The molecule has 1 fully saturated rings. The van der Waals surface area contributed by atoms with Crippen LogP contribution in [0.1, 0.15) is 35.5 Å². The van der Waals surface area contributed by atoms with Crippen molar-refractivity contribution >= 4 is 11.3 Å². The van der Waals surface area contributed by atoms with Gasteiger partial charge in [0, 0.05) is 11.3 Å². The Morgan fingerprint density at radius 3 is 3.08 bits per heavy atom. The van der Waals surface area contributed by atoms with Gasteiger partial charge in [-0.05, 0) is 12.8 Å². The van der Waals surface area contributed by atoms with Crippen LogP contribution >= 0.6 is 11.3 Å². The van der Waals surface area contributed by atoms with Crippen molar-refractivity contribution in [2.45, 2.75) is 24.8 Å². The molecule has 4 heteroatoms. The third kappa shape index (κ3) is 1.50. The van der Waals surface area contributed by atoms with Crippen molar-refractivity contribution in [2.24, 2.45) is 5.73 Å². The van der Waals surface area contributed by atoms with Crippen LogP contribution in [0.3, 0.4) is 0 Å². The molecule has 2 rings (SSSR count). The second kappa shape index (κ2) is 3.12. The molecule has 1 aromatic rings. The van der Waals surface area contributed by atoms with Gasteiger partial charge < -0.3 is 10.8 Å². The Bertz CT molecular complexity index is 270. The van der Waals surface area contributed by atoms with Crippen LogP contribution in [0.25, 0.3) is 0 Å². The zero-order valence-electron chi connectivity index (χ0n) is 6.73. The van der Waals surface area contributed by atoms with Crippen LogP contribution in [0.2, 0.25) is 0 Å². The van der Waals surface area contributed by atoms with E-state index >= 15 is 0 Å². The molecular formula is C8H12N2OS. The first-order chi connectivity index (χ1) is 5.81. The monoisotopic (exact) mass is 184 g/mol. The van der Waals surface area contributed by atoms with Gasteiger partial charge in [-0.15, -0.1) is 11.3 Å². The van der Waals surface area contributed by atoms with E-state index in [1.807, 2.05) is 5.38 Å². The molecule has 0 bridgehead atoms. The van der Waals surface area contributed by atoms with Crippen molar-refractivity contribution < 1.29 is 5.11 Å². The van der Waals surface area contributed by atoms with Gasteiger partial charge in [0.1, 0.15) is 0 Å². The van der Waals surface area contributed by atoms with E-state index in [1.54, 1.807) is 11.3 Å². The topological polar surface area (TPSA) is 59.1 Å². The minimum Gasteiger partial charge on any atom is -0.394 e. The second-order valence-corrected chi connectivity index (χ2v) is 4.06. The first-order valence-electron chi connectivity index (χ1n) is 4.13. The largest absolute Gasteiger partial charge is 0.394 e. The molecule has 1 atom stereocenters. The third-order valence-corrected chi connectivity index (χ3v) is 3.07. The number of aliphatic hydroxyl groups excluding tert-OH is 1. The van der Waals surface area contributed by atoms with Gasteiger partial charge in [-0.2, -0.15) is 0 Å². The van der Waals surface area contributed by atoms with Crippen molar-refractivity contribution in [1.82, 2.24) is 4.98 Å². The summed E-state index contributed by atoms with van der Waals surface area (Å²) >= 11 is 1.66. The molecule has 1 saturated carbocycles. The van der Waals surface area contributed by atoms with Gasteiger partial charge in [0.25, 0.3) is 0 Å². The summed E-state index contributed by atoms with van der Waals surface area (Å²) in [6.07, 6.45) is 2.53. The molecule has 1 aliphatic rings. The number of nitrogens with zero attached hydrogens (tertiary/aromatic N) is 1. The molecule has 0 saturated heterocycles. The molecule has 0 radical (unpaired) electrons. The summed E-state index contributed by atoms with van der Waals surface area (Å²) in [7, 11) is 0. The quantitative estimate of drug-likeness (QED) is 0.737. The van der Waals surface area contributed by atoms with E-state index in [4.69, 9.17) is 10.8 Å². The molecule has 1 unspecified atom stereocenters. The Labute approximate surface area is 75.2 Å². The maximum absolute atomic E-state index is 8.79. The zero-order valence-corrected chi connectivity index (χ0v) is 7.55. The summed E-state index contributed by atoms with van der Waals surface area (Å²) in [5.41, 5.74) is 6.46. The van der Waals surface area contributed by atoms with E-state index in [1.165, 1.54) is 17.8 Å². The molecule has 1 aromatic heterocycles. The van der Waals surface area contributed by atoms with E-state index in [0.717, 1.165) is 5.69 Å². The predicted molar refractivity (Wildman–Crippen MR) is 48.1 cm³/mol. The number of aliphatic hydroxyl groups is 1. The molecular weight excluding hydrogens is 172 g/mol. The van der Waals surface area contributed by atoms with Crippen LogP contribution in [0.5, 0.6) is 0 Å². The fourth-order valence-electron chi connectivity index (χ4n) is 1.08. The summed E-state index contributed by atoms with van der Waals surface area (Å²) in [4.78, 5) is 4.38. The van der Waals surface area contributed by atoms with Gasteiger partial charge in [-0.1, -0.05) is 0 Å². The van der Waals surface area contributed by atoms with Crippen molar-refractivity contribution in [2.75, 3.05) is 6.61 Å². The van der Waals surface area contributed by atoms with Crippen molar-refractivity contribution in [3.63, 3.8) is 0 Å². The molecule has 1 heterocycles. The lowest BCUT2D eigenvalue weighted by Gasteiger charge is -2.01. The molecule has 3 N–H and O–H groups in total. The van der Waals surface area contributed by atoms with E-state index in [-0.39, 0.29) is 12.6 Å². The lowest BCUT2D eigenvalue weighted by Crippen LogP contribution is -2.14. The van der Waals surface area contributed by atoms with Crippen LogP contribution in [0, 0.1) is 0 Å². The van der Waals surface area contributed by atoms with Gasteiger partial charge in [0.15, 0.2) is 0 Å². The smallest absolute Gasteiger partial charge is 0.0959 e. The molecule has 0 aliphatic heterocycles. The van der Waals surface area contributed by atoms with Crippen LogP contribution in [-0.4, -0.2) is 16.7 Å². The maximum Gasteiger partial charge on any atom is 0.0959 e. The minimum absolute atomic E-state index is 0.0200. The predicted octanol–water partition coefficient (Wildman–Crippen LogP) is 1.01. The number of hydrogen-bond acceptors (Lipinski definition) is 4. The van der Waals surface area contributed by atoms with Crippen molar-refractivity contribution in [3.8, 4) is 0 Å². The Hall–Kier alpha value is -0.450. The lowest BCUT2D eigenvalue weighted by molar-refractivity contribution is 0.266. The molecule has 0 amide bonds. The number of rotatable bonds is 3. The van der Waals surface area contributed by atoms with Gasteiger partial charge in [-0.25, -0.2) is 4.98 Å². The summed E-state index contributed by atoms with van der Waals surface area (Å²) in [6.45, 7) is -0.0200. The number of aromatic nitrogens is 1. The highest BCUT2D eigenvalue weighted by atomic mass is 32.1. The van der Waals surface area contributed by atoms with E-state index < -0.39 is 0 Å². The fourth-order valence-corrected chi connectivity index (χ4v) is 2.14. The molecule has 12 heavy (non-hydrogen) atoms. The average molecular weight is 184 g/mol. The second-order valence-electron chi connectivity index (χ2n) is 3.17. The zero-order chi connectivity index (χ0) is 8.55. The van der Waals surface area contributed by atoms with Crippen LogP contribution in [0.4, 0.5) is 0 Å². The highest BCUT2D eigenvalue weighted by Crippen LogP contribution is 2.41. The van der Waals surface area contributed by atoms with E-state index in [9.17, 15) is 0 Å². The first-order valence-corrected chi connectivity index (χ1v) is 5.01. The summed E-state index contributed by atoms with van der Waals surface area (Å²) in [5.74, 6) is 0.689. The normalized spacial score (nSPS) is 19.5. The van der Waals surface area contributed by atoms with E-state index in [0.29, 0.717) is 5.92 Å². The highest BCUT2D eigenvalue weighted by molar-refractivity contribution is 7.09. The molecule has 3 nitrogen and oxygen atoms in total. The first kappa shape index (κ1) is 8.16. The SMILES string of the molecule is NC(CO)c1csc(C2CC2)n1. The fraction of sp³-hybridized carbons (Fsp3) is 0.625. The molecule has 0 spiro atoms. The Morgan fingerprint density at radius 1 is 1.75 bits per heavy atom. The summed E-state index contributed by atoms with van der Waals surface area (Å²) < 4.78 is 0. The van der Waals surface area contributed by atoms with Crippen LogP contribution in [0.15, 0.2) is 5.38 Å². The standard InChI is InChI=1S/C8H12N2OS/c9-6(3-11)7-4-12-8(10-7)5-1-2-5/h4-6,11H,1-3,9H2. The third-order valence-electron chi connectivity index (χ3n) is 2.04. The number of nitrogens with two attached hydrogens (primary N) is 1. The van der Waals surface area contributed by atoms with Crippen molar-refractivity contribution in [1.29, 1.82) is 0 Å². The average Bonchev–Trinajstić information content (AvgIpc) is 2.83. The van der Waals surface area contributed by atoms with Gasteiger partial charge in [-0.3, -0.25) is 0 Å². The Kier molecular flexibility index (Phi) is 2.12. The highest BCUT2D eigenvalue weighted by Gasteiger charge is 2.27. The Balaban J connectivity index is 2.12. The van der Waals surface area contributed by atoms with Crippen LogP contribution < -0.4 is 5.73 Å². The lowest BCUT2D eigenvalue weighted by atomic mass is 10.3. The van der Waals surface area contributed by atoms with Gasteiger partial charge in [0.05, 0.1) is 23.4 Å². The molecule has 66 valence electrons. The summed E-state index contributed by atoms with van der Waals surface area (Å²) in [5, 5.41) is 11.9. The minimum atomic E-state index is -0.297. The Morgan fingerprint density at radius 2 is 2.50 bits per heavy atom.